The molecule has 0 spiro atoms. The molecule has 1 rings (SSSR count). The molecule has 1 aromatic carbocycles. The highest BCUT2D eigenvalue weighted by Crippen LogP contribution is 2.17. The number of anilines is 1. The number of nitriles is 1. The lowest BCUT2D eigenvalue weighted by atomic mass is 10.1. The van der Waals surface area contributed by atoms with Crippen molar-refractivity contribution in [3.63, 3.8) is 0 Å². The second kappa shape index (κ2) is 6.35. The number of carboxylic acids is 1. The van der Waals surface area contributed by atoms with Gasteiger partial charge < -0.3 is 15.7 Å². The molecule has 1 atom stereocenters. The molecule has 1 unspecified atom stereocenters. The average molecular weight is 265 g/mol. The molecule has 1 amide bonds. The van der Waals surface area contributed by atoms with Crippen LogP contribution in [0.4, 0.5) is 10.1 Å². The summed E-state index contributed by atoms with van der Waals surface area (Å²) in [5.74, 6) is -2.41. The number of carbonyl (C=O) groups excluding carboxylic acids is 1. The minimum atomic E-state index is -1.22. The monoisotopic (exact) mass is 265 g/mol. The van der Waals surface area contributed by atoms with Crippen LogP contribution in [0.5, 0.6) is 0 Å². The van der Waals surface area contributed by atoms with Crippen molar-refractivity contribution in [1.29, 1.82) is 5.26 Å². The molecule has 0 fully saturated rings. The Bertz CT molecular complexity index is 540. The van der Waals surface area contributed by atoms with Crippen molar-refractivity contribution in [2.75, 3.05) is 11.9 Å². The lowest BCUT2D eigenvalue weighted by molar-refractivity contribution is -0.141. The van der Waals surface area contributed by atoms with Gasteiger partial charge in [0, 0.05) is 13.5 Å². The van der Waals surface area contributed by atoms with E-state index < -0.39 is 23.7 Å². The van der Waals surface area contributed by atoms with Crippen LogP contribution in [0.3, 0.4) is 0 Å². The molecule has 0 saturated heterocycles. The number of carbonyl (C=O) groups is 2. The van der Waals surface area contributed by atoms with Gasteiger partial charge in [-0.3, -0.25) is 4.79 Å². The Morgan fingerprint density at radius 2 is 2.21 bits per heavy atom. The van der Waals surface area contributed by atoms with Crippen LogP contribution in [0.25, 0.3) is 0 Å². The van der Waals surface area contributed by atoms with E-state index in [2.05, 4.69) is 10.6 Å². The second-order valence-corrected chi connectivity index (χ2v) is 3.75. The smallest absolute Gasteiger partial charge is 0.328 e. The predicted octanol–water partition coefficient (Wildman–Crippen LogP) is 0.699. The SMILES string of the molecule is CC(=O)NC(CNc1cccc(F)c1C#N)C(=O)O. The Morgan fingerprint density at radius 1 is 1.53 bits per heavy atom. The molecule has 6 nitrogen and oxygen atoms in total. The molecular weight excluding hydrogens is 253 g/mol. The molecule has 100 valence electrons. The van der Waals surface area contributed by atoms with Crippen molar-refractivity contribution >= 4 is 17.6 Å². The van der Waals surface area contributed by atoms with E-state index in [9.17, 15) is 14.0 Å². The summed E-state index contributed by atoms with van der Waals surface area (Å²) in [5, 5.41) is 22.5. The number of hydrogen-bond acceptors (Lipinski definition) is 4. The van der Waals surface area contributed by atoms with E-state index in [1.54, 1.807) is 6.07 Å². The predicted molar refractivity (Wildman–Crippen MR) is 64.8 cm³/mol. The third-order valence-corrected chi connectivity index (χ3v) is 2.30. The summed E-state index contributed by atoms with van der Waals surface area (Å²) in [6.07, 6.45) is 0. The van der Waals surface area contributed by atoms with Crippen LogP contribution >= 0.6 is 0 Å². The molecule has 0 radical (unpaired) electrons. The van der Waals surface area contributed by atoms with Crippen LogP contribution in [0.1, 0.15) is 12.5 Å². The number of halogens is 1. The van der Waals surface area contributed by atoms with Gasteiger partial charge in [0.15, 0.2) is 0 Å². The molecule has 0 heterocycles. The van der Waals surface area contributed by atoms with Gasteiger partial charge in [-0.25, -0.2) is 9.18 Å². The van der Waals surface area contributed by atoms with Gasteiger partial charge >= 0.3 is 5.97 Å². The van der Waals surface area contributed by atoms with Gasteiger partial charge in [0.25, 0.3) is 0 Å². The van der Waals surface area contributed by atoms with Crippen LogP contribution in [0.15, 0.2) is 18.2 Å². The highest BCUT2D eigenvalue weighted by Gasteiger charge is 2.18. The van der Waals surface area contributed by atoms with Gasteiger partial charge in [-0.05, 0) is 12.1 Å². The molecule has 0 aromatic heterocycles. The molecule has 0 aliphatic rings. The van der Waals surface area contributed by atoms with Gasteiger partial charge in [-0.2, -0.15) is 5.26 Å². The van der Waals surface area contributed by atoms with Crippen LogP contribution in [-0.4, -0.2) is 29.6 Å². The van der Waals surface area contributed by atoms with Crippen molar-refractivity contribution in [1.82, 2.24) is 5.32 Å². The van der Waals surface area contributed by atoms with Gasteiger partial charge in [-0.15, -0.1) is 0 Å². The zero-order valence-electron chi connectivity index (χ0n) is 10.1. The maximum atomic E-state index is 13.3. The third-order valence-electron chi connectivity index (χ3n) is 2.30. The maximum Gasteiger partial charge on any atom is 0.328 e. The van der Waals surface area contributed by atoms with Gasteiger partial charge in [0.05, 0.1) is 5.69 Å². The second-order valence-electron chi connectivity index (χ2n) is 3.75. The van der Waals surface area contributed by atoms with Crippen LogP contribution in [0, 0.1) is 17.1 Å². The molecule has 3 N–H and O–H groups in total. The van der Waals surface area contributed by atoms with Crippen molar-refractivity contribution in [3.05, 3.63) is 29.6 Å². The number of aliphatic carboxylic acids is 1. The molecule has 7 heteroatoms. The molecule has 1 aromatic rings. The third kappa shape index (κ3) is 3.96. The summed E-state index contributed by atoms with van der Waals surface area (Å²) in [7, 11) is 0. The summed E-state index contributed by atoms with van der Waals surface area (Å²) < 4.78 is 13.3. The fourth-order valence-electron chi connectivity index (χ4n) is 1.44. The number of carboxylic acid groups (broad SMARTS) is 1. The fourth-order valence-corrected chi connectivity index (χ4v) is 1.44. The Kier molecular flexibility index (Phi) is 4.83. The first-order chi connectivity index (χ1) is 8.95. The molecule has 0 aliphatic heterocycles. The standard InChI is InChI=1S/C12H12FN3O3/c1-7(17)16-11(12(18)19)6-15-10-4-2-3-9(13)8(10)5-14/h2-4,11,15H,6H2,1H3,(H,16,17)(H,18,19). The lowest BCUT2D eigenvalue weighted by Gasteiger charge is -2.15. The zero-order chi connectivity index (χ0) is 14.4. The topological polar surface area (TPSA) is 102 Å². The summed E-state index contributed by atoms with van der Waals surface area (Å²) >= 11 is 0. The lowest BCUT2D eigenvalue weighted by Crippen LogP contribution is -2.44. The van der Waals surface area contributed by atoms with E-state index >= 15 is 0 Å². The van der Waals surface area contributed by atoms with Crippen molar-refractivity contribution in [2.45, 2.75) is 13.0 Å². The van der Waals surface area contributed by atoms with E-state index in [1.165, 1.54) is 19.1 Å². The summed E-state index contributed by atoms with van der Waals surface area (Å²) in [6.45, 7) is 1.03. The summed E-state index contributed by atoms with van der Waals surface area (Å²) in [4.78, 5) is 21.7. The zero-order valence-corrected chi connectivity index (χ0v) is 10.1. The number of nitrogens with zero attached hydrogens (tertiary/aromatic N) is 1. The highest BCUT2D eigenvalue weighted by atomic mass is 19.1. The molecule has 0 bridgehead atoms. The Morgan fingerprint density at radius 3 is 2.74 bits per heavy atom. The highest BCUT2D eigenvalue weighted by molar-refractivity contribution is 5.82. The first kappa shape index (κ1) is 14.4. The number of nitrogens with one attached hydrogen (secondary N) is 2. The number of benzene rings is 1. The maximum absolute atomic E-state index is 13.3. The van der Waals surface area contributed by atoms with E-state index in [0.717, 1.165) is 6.07 Å². The van der Waals surface area contributed by atoms with E-state index in [-0.39, 0.29) is 17.8 Å². The fraction of sp³-hybridized carbons (Fsp3) is 0.250. The van der Waals surface area contributed by atoms with E-state index in [1.807, 2.05) is 0 Å². The van der Waals surface area contributed by atoms with Gasteiger partial charge in [-0.1, -0.05) is 6.07 Å². The van der Waals surface area contributed by atoms with Crippen LogP contribution < -0.4 is 10.6 Å². The Balaban J connectivity index is 2.80. The van der Waals surface area contributed by atoms with Gasteiger partial charge in [0.1, 0.15) is 23.5 Å². The quantitative estimate of drug-likeness (QED) is 0.727. The minimum absolute atomic E-state index is 0.160. The average Bonchev–Trinajstić information content (AvgIpc) is 2.33. The molecule has 0 saturated carbocycles. The number of hydrogen-bond donors (Lipinski definition) is 3. The van der Waals surface area contributed by atoms with E-state index in [4.69, 9.17) is 10.4 Å². The van der Waals surface area contributed by atoms with E-state index in [0.29, 0.717) is 0 Å². The number of rotatable bonds is 5. The van der Waals surface area contributed by atoms with Crippen molar-refractivity contribution < 1.29 is 19.1 Å². The molecule has 0 aliphatic carbocycles. The summed E-state index contributed by atoms with van der Waals surface area (Å²) in [5.41, 5.74) is -0.0198. The summed E-state index contributed by atoms with van der Waals surface area (Å²) in [6, 6.07) is 4.50. The Labute approximate surface area is 108 Å². The van der Waals surface area contributed by atoms with Crippen LogP contribution in [-0.2, 0) is 9.59 Å². The van der Waals surface area contributed by atoms with Crippen molar-refractivity contribution in [3.8, 4) is 6.07 Å². The first-order valence-corrected chi connectivity index (χ1v) is 5.38. The number of amides is 1. The normalized spacial score (nSPS) is 11.2. The van der Waals surface area contributed by atoms with Crippen molar-refractivity contribution in [2.24, 2.45) is 0 Å². The van der Waals surface area contributed by atoms with Crippen LogP contribution in [0.2, 0.25) is 0 Å². The van der Waals surface area contributed by atoms with Gasteiger partial charge in [0.2, 0.25) is 5.91 Å². The minimum Gasteiger partial charge on any atom is -0.480 e. The molecule has 19 heavy (non-hydrogen) atoms. The molecular formula is C12H12FN3O3. The largest absolute Gasteiger partial charge is 0.480 e. The Hall–Kier alpha value is -2.62. The first-order valence-electron chi connectivity index (χ1n) is 5.38.